The van der Waals surface area contributed by atoms with Crippen molar-refractivity contribution in [2.45, 2.75) is 44.1 Å². The normalized spacial score (nSPS) is 38.8. The van der Waals surface area contributed by atoms with E-state index in [4.69, 9.17) is 15.2 Å². The molecule has 4 heteroatoms. The molecule has 2 heterocycles. The van der Waals surface area contributed by atoms with Gasteiger partial charge in [0.25, 0.3) is 0 Å². The highest BCUT2D eigenvalue weighted by atomic mass is 16.7. The molecule has 0 bridgehead atoms. The van der Waals surface area contributed by atoms with E-state index in [1.807, 2.05) is 0 Å². The second-order valence-electron chi connectivity index (χ2n) is 4.09. The molecule has 3 atom stereocenters. The van der Waals surface area contributed by atoms with E-state index in [0.29, 0.717) is 19.2 Å². The first-order chi connectivity index (χ1) is 6.90. The van der Waals surface area contributed by atoms with Crippen molar-refractivity contribution < 1.29 is 9.47 Å². The maximum absolute atomic E-state index is 5.78. The van der Waals surface area contributed by atoms with Crippen LogP contribution in [0, 0.1) is 0 Å². The van der Waals surface area contributed by atoms with Gasteiger partial charge in [-0.05, 0) is 32.4 Å². The van der Waals surface area contributed by atoms with Gasteiger partial charge in [-0.25, -0.2) is 0 Å². The third kappa shape index (κ3) is 2.45. The summed E-state index contributed by atoms with van der Waals surface area (Å²) in [6.07, 6.45) is 4.81. The van der Waals surface area contributed by atoms with Gasteiger partial charge < -0.3 is 20.5 Å². The fourth-order valence-electron chi connectivity index (χ4n) is 2.13. The van der Waals surface area contributed by atoms with Crippen LogP contribution in [0.2, 0.25) is 0 Å². The predicted octanol–water partition coefficient (Wildman–Crippen LogP) is 0.219. The highest BCUT2D eigenvalue weighted by Gasteiger charge is 2.32. The molecule has 14 heavy (non-hydrogen) atoms. The first-order valence-electron chi connectivity index (χ1n) is 5.60. The molecule has 0 aromatic carbocycles. The molecule has 0 aromatic heterocycles. The van der Waals surface area contributed by atoms with Gasteiger partial charge in [-0.1, -0.05) is 6.42 Å². The third-order valence-corrected chi connectivity index (χ3v) is 2.94. The van der Waals surface area contributed by atoms with Gasteiger partial charge >= 0.3 is 0 Å². The average molecular weight is 200 g/mol. The van der Waals surface area contributed by atoms with Crippen LogP contribution in [-0.4, -0.2) is 38.1 Å². The molecule has 0 aliphatic carbocycles. The van der Waals surface area contributed by atoms with Crippen molar-refractivity contribution in [2.75, 3.05) is 19.7 Å². The summed E-state index contributed by atoms with van der Waals surface area (Å²) in [6, 6.07) is 0.395. The summed E-state index contributed by atoms with van der Waals surface area (Å²) in [5.41, 5.74) is 5.48. The van der Waals surface area contributed by atoms with E-state index in [1.54, 1.807) is 0 Å². The van der Waals surface area contributed by atoms with Crippen LogP contribution in [0.25, 0.3) is 0 Å². The molecule has 2 fully saturated rings. The van der Waals surface area contributed by atoms with Crippen molar-refractivity contribution in [3.8, 4) is 0 Å². The van der Waals surface area contributed by atoms with Crippen LogP contribution in [0.1, 0.15) is 25.7 Å². The Balaban J connectivity index is 1.76. The molecule has 82 valence electrons. The topological polar surface area (TPSA) is 56.5 Å². The summed E-state index contributed by atoms with van der Waals surface area (Å²) in [5, 5.41) is 3.44. The molecular weight excluding hydrogens is 180 g/mol. The van der Waals surface area contributed by atoms with Crippen molar-refractivity contribution in [3.05, 3.63) is 0 Å². The lowest BCUT2D eigenvalue weighted by Crippen LogP contribution is -2.43. The maximum atomic E-state index is 5.78. The van der Waals surface area contributed by atoms with Crippen molar-refractivity contribution >= 4 is 0 Å². The van der Waals surface area contributed by atoms with E-state index in [2.05, 4.69) is 5.32 Å². The van der Waals surface area contributed by atoms with Crippen molar-refractivity contribution in [3.63, 3.8) is 0 Å². The number of piperidine rings is 1. The lowest BCUT2D eigenvalue weighted by atomic mass is 10.0. The molecule has 0 amide bonds. The minimum absolute atomic E-state index is 0.0353. The highest BCUT2D eigenvalue weighted by molar-refractivity contribution is 4.79. The number of rotatable bonds is 3. The second-order valence-corrected chi connectivity index (χ2v) is 4.09. The standard InChI is InChI=1S/C10H20N2O2/c11-5-4-8-7-13-10(14-8)9-3-1-2-6-12-9/h8-10,12H,1-7,11H2. The molecular formula is C10H20N2O2. The summed E-state index contributed by atoms with van der Waals surface area (Å²) in [5.74, 6) is 0. The minimum atomic E-state index is -0.0353. The summed E-state index contributed by atoms with van der Waals surface area (Å²) in [4.78, 5) is 0. The molecule has 0 radical (unpaired) electrons. The Morgan fingerprint density at radius 3 is 3.00 bits per heavy atom. The van der Waals surface area contributed by atoms with Gasteiger partial charge in [-0.3, -0.25) is 0 Å². The zero-order valence-corrected chi connectivity index (χ0v) is 8.58. The van der Waals surface area contributed by atoms with E-state index in [1.165, 1.54) is 19.3 Å². The Morgan fingerprint density at radius 2 is 2.29 bits per heavy atom. The predicted molar refractivity (Wildman–Crippen MR) is 53.9 cm³/mol. The van der Waals surface area contributed by atoms with Crippen LogP contribution in [0.3, 0.4) is 0 Å². The van der Waals surface area contributed by atoms with Crippen LogP contribution in [0.15, 0.2) is 0 Å². The second kappa shape index (κ2) is 5.07. The van der Waals surface area contributed by atoms with Crippen molar-refractivity contribution in [1.82, 2.24) is 5.32 Å². The number of ether oxygens (including phenoxy) is 2. The Hall–Kier alpha value is -0.160. The summed E-state index contributed by atoms with van der Waals surface area (Å²) >= 11 is 0. The summed E-state index contributed by atoms with van der Waals surface area (Å²) in [6.45, 7) is 2.48. The van der Waals surface area contributed by atoms with Crippen molar-refractivity contribution in [1.29, 1.82) is 0 Å². The SMILES string of the molecule is NCCC1COC(C2CCCCN2)O1. The highest BCUT2D eigenvalue weighted by Crippen LogP contribution is 2.21. The van der Waals surface area contributed by atoms with Gasteiger partial charge in [-0.2, -0.15) is 0 Å². The van der Waals surface area contributed by atoms with Gasteiger partial charge in [0.15, 0.2) is 6.29 Å². The Labute approximate surface area is 85.1 Å². The van der Waals surface area contributed by atoms with Crippen LogP contribution in [0.4, 0.5) is 0 Å². The number of hydrogen-bond donors (Lipinski definition) is 2. The molecule has 2 saturated heterocycles. The Kier molecular flexibility index (Phi) is 3.75. The smallest absolute Gasteiger partial charge is 0.173 e. The molecule has 3 N–H and O–H groups in total. The molecule has 2 aliphatic heterocycles. The van der Waals surface area contributed by atoms with Gasteiger partial charge in [0.2, 0.25) is 0 Å². The Bertz CT molecular complexity index is 172. The quantitative estimate of drug-likeness (QED) is 0.684. The number of nitrogens with one attached hydrogen (secondary N) is 1. The van der Waals surface area contributed by atoms with E-state index in [9.17, 15) is 0 Å². The fraction of sp³-hybridized carbons (Fsp3) is 1.00. The molecule has 0 saturated carbocycles. The molecule has 4 nitrogen and oxygen atoms in total. The lowest BCUT2D eigenvalue weighted by Gasteiger charge is -2.27. The number of hydrogen-bond acceptors (Lipinski definition) is 4. The summed E-state index contributed by atoms with van der Waals surface area (Å²) < 4.78 is 11.4. The average Bonchev–Trinajstić information content (AvgIpc) is 2.68. The number of nitrogens with two attached hydrogens (primary N) is 1. The molecule has 0 aromatic rings. The minimum Gasteiger partial charge on any atom is -0.348 e. The van der Waals surface area contributed by atoms with Crippen molar-refractivity contribution in [2.24, 2.45) is 5.73 Å². The zero-order chi connectivity index (χ0) is 9.80. The van der Waals surface area contributed by atoms with Crippen LogP contribution in [-0.2, 0) is 9.47 Å². The largest absolute Gasteiger partial charge is 0.348 e. The zero-order valence-electron chi connectivity index (χ0n) is 8.58. The maximum Gasteiger partial charge on any atom is 0.173 e. The van der Waals surface area contributed by atoms with E-state index in [0.717, 1.165) is 13.0 Å². The molecule has 0 spiro atoms. The molecule has 2 aliphatic rings. The van der Waals surface area contributed by atoms with Crippen LogP contribution >= 0.6 is 0 Å². The lowest BCUT2D eigenvalue weighted by molar-refractivity contribution is -0.0862. The van der Waals surface area contributed by atoms with Crippen LogP contribution < -0.4 is 11.1 Å². The van der Waals surface area contributed by atoms with Gasteiger partial charge in [-0.15, -0.1) is 0 Å². The van der Waals surface area contributed by atoms with E-state index in [-0.39, 0.29) is 12.4 Å². The third-order valence-electron chi connectivity index (χ3n) is 2.94. The summed E-state index contributed by atoms with van der Waals surface area (Å²) in [7, 11) is 0. The van der Waals surface area contributed by atoms with E-state index >= 15 is 0 Å². The first kappa shape index (κ1) is 10.4. The van der Waals surface area contributed by atoms with Crippen LogP contribution in [0.5, 0.6) is 0 Å². The Morgan fingerprint density at radius 1 is 1.36 bits per heavy atom. The fourth-order valence-corrected chi connectivity index (χ4v) is 2.13. The first-order valence-corrected chi connectivity index (χ1v) is 5.60. The molecule has 2 rings (SSSR count). The van der Waals surface area contributed by atoms with Gasteiger partial charge in [0.1, 0.15) is 0 Å². The van der Waals surface area contributed by atoms with Gasteiger partial charge in [0.05, 0.1) is 18.8 Å². The van der Waals surface area contributed by atoms with Gasteiger partial charge in [0, 0.05) is 0 Å². The van der Waals surface area contributed by atoms with E-state index < -0.39 is 0 Å². The monoisotopic (exact) mass is 200 g/mol. The molecule has 3 unspecified atom stereocenters.